The summed E-state index contributed by atoms with van der Waals surface area (Å²) < 4.78 is 32.0. The summed E-state index contributed by atoms with van der Waals surface area (Å²) in [7, 11) is -3.74. The number of fused-ring (bicyclic) bond motifs is 1. The third-order valence-electron chi connectivity index (χ3n) is 4.41. The molecule has 0 bridgehead atoms. The van der Waals surface area contributed by atoms with Gasteiger partial charge in [-0.25, -0.2) is 13.1 Å². The van der Waals surface area contributed by atoms with Gasteiger partial charge in [0.2, 0.25) is 10.0 Å². The lowest BCUT2D eigenvalue weighted by Gasteiger charge is -2.17. The average molecular weight is 407 g/mol. The number of carbonyl (C=O) groups excluding carboxylic acids is 2. The van der Waals surface area contributed by atoms with Crippen molar-refractivity contribution in [3.63, 3.8) is 0 Å². The maximum Gasteiger partial charge on any atom is 0.307 e. The average Bonchev–Trinajstić information content (AvgIpc) is 2.65. The van der Waals surface area contributed by atoms with Crippen LogP contribution in [0.5, 0.6) is 0 Å². The van der Waals surface area contributed by atoms with Crippen molar-refractivity contribution < 1.29 is 22.7 Å². The molecule has 0 aliphatic heterocycles. The van der Waals surface area contributed by atoms with Crippen LogP contribution in [0, 0.1) is 5.92 Å². The zero-order valence-corrected chi connectivity index (χ0v) is 17.1. The lowest BCUT2D eigenvalue weighted by atomic mass is 10.1. The molecule has 2 N–H and O–H groups in total. The van der Waals surface area contributed by atoms with Gasteiger partial charge in [-0.1, -0.05) is 44.2 Å². The van der Waals surface area contributed by atoms with Crippen LogP contribution in [0.3, 0.4) is 0 Å². The molecule has 0 radical (unpaired) electrons. The molecule has 1 amide bonds. The topological polar surface area (TPSA) is 102 Å². The molecule has 0 aromatic heterocycles. The maximum absolute atomic E-state index is 12.4. The monoisotopic (exact) mass is 406 g/mol. The summed E-state index contributed by atoms with van der Waals surface area (Å²) in [5.41, 5.74) is 0. The third kappa shape index (κ3) is 6.31. The first-order chi connectivity index (χ1) is 13.2. The van der Waals surface area contributed by atoms with Crippen LogP contribution >= 0.6 is 0 Å². The van der Waals surface area contributed by atoms with E-state index in [2.05, 4.69) is 10.0 Å². The molecule has 0 spiro atoms. The Kier molecular flexibility index (Phi) is 7.53. The van der Waals surface area contributed by atoms with Crippen molar-refractivity contribution in [3.8, 4) is 0 Å². The molecule has 0 saturated carbocycles. The highest BCUT2D eigenvalue weighted by Gasteiger charge is 2.16. The Labute approximate surface area is 165 Å². The Bertz CT molecular complexity index is 941. The Morgan fingerprint density at radius 2 is 1.71 bits per heavy atom. The van der Waals surface area contributed by atoms with E-state index in [1.807, 2.05) is 45.0 Å². The highest BCUT2D eigenvalue weighted by atomic mass is 32.2. The molecule has 2 rings (SSSR count). The fourth-order valence-electron chi connectivity index (χ4n) is 2.39. The molecule has 0 unspecified atom stereocenters. The minimum absolute atomic E-state index is 0.0278. The molecule has 0 heterocycles. The minimum atomic E-state index is -3.74. The number of rotatable bonds is 9. The van der Waals surface area contributed by atoms with Gasteiger partial charge in [-0.15, -0.1) is 0 Å². The highest BCUT2D eigenvalue weighted by molar-refractivity contribution is 7.89. The third-order valence-corrected chi connectivity index (χ3v) is 5.86. The van der Waals surface area contributed by atoms with E-state index in [9.17, 15) is 18.0 Å². The summed E-state index contributed by atoms with van der Waals surface area (Å²) in [5.74, 6) is -0.760. The Morgan fingerprint density at radius 1 is 1.04 bits per heavy atom. The van der Waals surface area contributed by atoms with Gasteiger partial charge in [-0.05, 0) is 35.7 Å². The van der Waals surface area contributed by atoms with Gasteiger partial charge in [0.25, 0.3) is 5.91 Å². The van der Waals surface area contributed by atoms with E-state index >= 15 is 0 Å². The number of amides is 1. The first-order valence-electron chi connectivity index (χ1n) is 9.12. The number of carbonyl (C=O) groups is 2. The van der Waals surface area contributed by atoms with Crippen molar-refractivity contribution >= 4 is 32.7 Å². The van der Waals surface area contributed by atoms with Crippen LogP contribution < -0.4 is 10.0 Å². The van der Waals surface area contributed by atoms with Gasteiger partial charge in [0, 0.05) is 12.6 Å². The zero-order chi connectivity index (χ0) is 20.7. The molecule has 8 heteroatoms. The van der Waals surface area contributed by atoms with Gasteiger partial charge >= 0.3 is 5.97 Å². The molecular formula is C20H26N2O5S. The molecule has 2 aromatic rings. The lowest BCUT2D eigenvalue weighted by molar-refractivity contribution is -0.148. The summed E-state index contributed by atoms with van der Waals surface area (Å²) in [5, 5.41) is 4.47. The molecule has 7 nitrogen and oxygen atoms in total. The molecule has 2 aromatic carbocycles. The standard InChI is InChI=1S/C20H26N2O5S/c1-14(2)15(3)22-19(23)13-27-20(24)10-11-21-28(25,26)18-9-8-16-6-4-5-7-17(16)12-18/h4-9,12,14-15,21H,10-11,13H2,1-3H3,(H,22,23)/t15-/m1/s1. The Hall–Kier alpha value is -2.45. The summed E-state index contributed by atoms with van der Waals surface area (Å²) in [6.45, 7) is 5.31. The Balaban J connectivity index is 1.81. The fourth-order valence-corrected chi connectivity index (χ4v) is 3.45. The van der Waals surface area contributed by atoms with Crippen LogP contribution in [-0.2, 0) is 24.3 Å². The molecular weight excluding hydrogens is 380 g/mol. The van der Waals surface area contributed by atoms with Crippen molar-refractivity contribution in [3.05, 3.63) is 42.5 Å². The van der Waals surface area contributed by atoms with Crippen molar-refractivity contribution in [1.82, 2.24) is 10.0 Å². The van der Waals surface area contributed by atoms with E-state index in [4.69, 9.17) is 4.74 Å². The van der Waals surface area contributed by atoms with Crippen molar-refractivity contribution in [2.75, 3.05) is 13.2 Å². The molecule has 152 valence electrons. The van der Waals surface area contributed by atoms with Crippen LogP contribution in [0.2, 0.25) is 0 Å². The molecule has 0 aliphatic carbocycles. The van der Waals surface area contributed by atoms with Crippen LogP contribution in [0.25, 0.3) is 10.8 Å². The molecule has 0 fully saturated rings. The zero-order valence-electron chi connectivity index (χ0n) is 16.3. The predicted octanol–water partition coefficient (Wildman–Crippen LogP) is 2.21. The first-order valence-corrected chi connectivity index (χ1v) is 10.6. The highest BCUT2D eigenvalue weighted by Crippen LogP contribution is 2.18. The van der Waals surface area contributed by atoms with Gasteiger partial charge in [0.15, 0.2) is 6.61 Å². The molecule has 0 saturated heterocycles. The predicted molar refractivity (Wildman–Crippen MR) is 107 cm³/mol. The number of sulfonamides is 1. The van der Waals surface area contributed by atoms with Crippen LogP contribution in [-0.4, -0.2) is 39.5 Å². The van der Waals surface area contributed by atoms with Gasteiger partial charge in [0.1, 0.15) is 0 Å². The largest absolute Gasteiger partial charge is 0.456 e. The fraction of sp³-hybridized carbons (Fsp3) is 0.400. The quantitative estimate of drug-likeness (QED) is 0.622. The summed E-state index contributed by atoms with van der Waals surface area (Å²) >= 11 is 0. The smallest absolute Gasteiger partial charge is 0.307 e. The van der Waals surface area contributed by atoms with Crippen LogP contribution in [0.4, 0.5) is 0 Å². The normalized spacial score (nSPS) is 12.7. The SMILES string of the molecule is CC(C)[C@@H](C)NC(=O)COC(=O)CCNS(=O)(=O)c1ccc2ccccc2c1. The van der Waals surface area contributed by atoms with E-state index in [-0.39, 0.29) is 42.3 Å². The van der Waals surface area contributed by atoms with Gasteiger partial charge in [0.05, 0.1) is 11.3 Å². The van der Waals surface area contributed by atoms with Crippen LogP contribution in [0.15, 0.2) is 47.4 Å². The molecule has 28 heavy (non-hydrogen) atoms. The maximum atomic E-state index is 12.4. The number of ether oxygens (including phenoxy) is 1. The molecule has 0 aliphatic rings. The van der Waals surface area contributed by atoms with E-state index in [1.54, 1.807) is 12.1 Å². The van der Waals surface area contributed by atoms with E-state index in [0.717, 1.165) is 10.8 Å². The summed E-state index contributed by atoms with van der Waals surface area (Å²) in [4.78, 5) is 23.5. The second-order valence-corrected chi connectivity index (χ2v) is 8.68. The van der Waals surface area contributed by atoms with Crippen molar-refractivity contribution in [2.24, 2.45) is 5.92 Å². The second kappa shape index (κ2) is 9.66. The lowest BCUT2D eigenvalue weighted by Crippen LogP contribution is -2.38. The van der Waals surface area contributed by atoms with Crippen molar-refractivity contribution in [2.45, 2.75) is 38.1 Å². The van der Waals surface area contributed by atoms with E-state index < -0.39 is 16.0 Å². The number of hydrogen-bond donors (Lipinski definition) is 2. The van der Waals surface area contributed by atoms with Crippen molar-refractivity contribution in [1.29, 1.82) is 0 Å². The van der Waals surface area contributed by atoms with E-state index in [1.165, 1.54) is 6.07 Å². The van der Waals surface area contributed by atoms with Gasteiger partial charge < -0.3 is 10.1 Å². The number of hydrogen-bond acceptors (Lipinski definition) is 5. The summed E-state index contributed by atoms with van der Waals surface area (Å²) in [6.07, 6.45) is -0.167. The molecule has 1 atom stereocenters. The van der Waals surface area contributed by atoms with E-state index in [0.29, 0.717) is 0 Å². The number of esters is 1. The van der Waals surface area contributed by atoms with Crippen LogP contribution in [0.1, 0.15) is 27.2 Å². The van der Waals surface area contributed by atoms with Gasteiger partial charge in [-0.3, -0.25) is 9.59 Å². The second-order valence-electron chi connectivity index (χ2n) is 6.92. The first kappa shape index (κ1) is 21.8. The summed E-state index contributed by atoms with van der Waals surface area (Å²) in [6, 6.07) is 12.2. The number of benzene rings is 2. The Morgan fingerprint density at radius 3 is 2.39 bits per heavy atom. The number of nitrogens with one attached hydrogen (secondary N) is 2. The minimum Gasteiger partial charge on any atom is -0.456 e. The van der Waals surface area contributed by atoms with Gasteiger partial charge in [-0.2, -0.15) is 0 Å².